The minimum Gasteiger partial charge on any atom is -0.341 e. The number of piperidine rings is 1. The van der Waals surface area contributed by atoms with Crippen LogP contribution in [0, 0.1) is 18.8 Å². The molecule has 2 aliphatic rings. The third-order valence-electron chi connectivity index (χ3n) is 7.36. The van der Waals surface area contributed by atoms with Crippen LogP contribution in [-0.4, -0.2) is 42.8 Å². The maximum atomic E-state index is 14.1. The van der Waals surface area contributed by atoms with Crippen molar-refractivity contribution in [3.05, 3.63) is 62.6 Å². The Morgan fingerprint density at radius 2 is 1.92 bits per heavy atom. The van der Waals surface area contributed by atoms with E-state index in [1.807, 2.05) is 41.8 Å². The summed E-state index contributed by atoms with van der Waals surface area (Å²) in [5, 5.41) is 1.97. The van der Waals surface area contributed by atoms with Crippen molar-refractivity contribution in [3.8, 4) is 11.8 Å². The van der Waals surface area contributed by atoms with E-state index in [0.29, 0.717) is 35.9 Å². The highest BCUT2D eigenvalue weighted by molar-refractivity contribution is 5.85. The van der Waals surface area contributed by atoms with Crippen LogP contribution in [0.5, 0.6) is 0 Å². The molecule has 1 aliphatic heterocycles. The van der Waals surface area contributed by atoms with Crippen molar-refractivity contribution < 1.29 is 0 Å². The molecule has 1 saturated heterocycles. The Morgan fingerprint density at radius 3 is 2.68 bits per heavy atom. The lowest BCUT2D eigenvalue weighted by atomic mass is 10.1. The number of aryl methyl sites for hydroxylation is 1. The first kappa shape index (κ1) is 23.5. The van der Waals surface area contributed by atoms with Gasteiger partial charge < -0.3 is 10.6 Å². The Kier molecular flexibility index (Phi) is 5.84. The molecule has 3 aromatic heterocycles. The molecule has 0 amide bonds. The smallest absolute Gasteiger partial charge is 0.333 e. The SMILES string of the molecule is CC#CCn1c(N2CCCC(N)C2)nc2c1c(=O)n(Cc1nc(C)cc3ccccc13)c(=O)n2C1CC1. The Balaban J connectivity index is 1.60. The third kappa shape index (κ3) is 4.11. The molecule has 6 rings (SSSR count). The summed E-state index contributed by atoms with van der Waals surface area (Å²) in [5.74, 6) is 6.71. The normalized spacial score (nSPS) is 17.8. The van der Waals surface area contributed by atoms with Gasteiger partial charge in [0, 0.05) is 36.3 Å². The lowest BCUT2D eigenvalue weighted by Crippen LogP contribution is -2.44. The minimum atomic E-state index is -0.359. The van der Waals surface area contributed by atoms with E-state index >= 15 is 0 Å². The van der Waals surface area contributed by atoms with Crippen LogP contribution < -0.4 is 21.9 Å². The molecule has 1 aliphatic carbocycles. The number of hydrogen-bond donors (Lipinski definition) is 1. The van der Waals surface area contributed by atoms with Crippen LogP contribution in [0.15, 0.2) is 39.9 Å². The minimum absolute atomic E-state index is 0.0427. The number of fused-ring (bicyclic) bond motifs is 2. The summed E-state index contributed by atoms with van der Waals surface area (Å²) in [6.07, 6.45) is 3.70. The molecule has 4 aromatic rings. The molecule has 1 aromatic carbocycles. The van der Waals surface area contributed by atoms with Crippen molar-refractivity contribution in [3.63, 3.8) is 0 Å². The number of nitrogens with two attached hydrogens (primary N) is 1. The van der Waals surface area contributed by atoms with Gasteiger partial charge in [-0.05, 0) is 51.0 Å². The summed E-state index contributed by atoms with van der Waals surface area (Å²) in [6.45, 7) is 5.58. The van der Waals surface area contributed by atoms with E-state index in [4.69, 9.17) is 15.7 Å². The van der Waals surface area contributed by atoms with Gasteiger partial charge in [0.25, 0.3) is 5.56 Å². The van der Waals surface area contributed by atoms with Gasteiger partial charge in [-0.25, -0.2) is 4.79 Å². The highest BCUT2D eigenvalue weighted by Crippen LogP contribution is 2.36. The second-order valence-electron chi connectivity index (χ2n) is 10.2. The molecule has 1 atom stereocenters. The van der Waals surface area contributed by atoms with Gasteiger partial charge >= 0.3 is 5.69 Å². The number of pyridine rings is 1. The molecule has 190 valence electrons. The average Bonchev–Trinajstić information content (AvgIpc) is 3.65. The molecule has 9 heteroatoms. The zero-order valence-corrected chi connectivity index (χ0v) is 21.3. The second-order valence-corrected chi connectivity index (χ2v) is 10.2. The Hall–Kier alpha value is -3.90. The van der Waals surface area contributed by atoms with Gasteiger partial charge in [0.1, 0.15) is 0 Å². The van der Waals surface area contributed by atoms with E-state index in [9.17, 15) is 9.59 Å². The van der Waals surface area contributed by atoms with Crippen LogP contribution in [0.1, 0.15) is 50.0 Å². The first-order valence-electron chi connectivity index (χ1n) is 13.0. The maximum absolute atomic E-state index is 14.1. The largest absolute Gasteiger partial charge is 0.341 e. The van der Waals surface area contributed by atoms with E-state index in [1.165, 1.54) is 4.57 Å². The molecular formula is C28H31N7O2. The number of rotatable bonds is 5. The van der Waals surface area contributed by atoms with Crippen molar-refractivity contribution in [1.29, 1.82) is 0 Å². The summed E-state index contributed by atoms with van der Waals surface area (Å²) in [7, 11) is 0. The molecule has 0 bridgehead atoms. The molecule has 1 unspecified atom stereocenters. The number of aromatic nitrogens is 5. The molecule has 4 heterocycles. The fourth-order valence-corrected chi connectivity index (χ4v) is 5.47. The van der Waals surface area contributed by atoms with Gasteiger partial charge in [-0.2, -0.15) is 4.98 Å². The standard InChI is InChI=1S/C28H31N7O2/c1-3-4-14-33-24-25(31-27(33)32-13-7-9-20(29)16-32)35(21-11-12-21)28(37)34(26(24)36)17-23-22-10-6-5-8-19(22)15-18(2)30-23/h5-6,8,10,15,20-21H,7,9,11-14,16-17,29H2,1-2H3. The molecule has 2 N–H and O–H groups in total. The van der Waals surface area contributed by atoms with Gasteiger partial charge in [0.15, 0.2) is 11.2 Å². The summed E-state index contributed by atoms with van der Waals surface area (Å²) < 4.78 is 4.93. The van der Waals surface area contributed by atoms with Gasteiger partial charge in [0.05, 0.1) is 18.8 Å². The fourth-order valence-electron chi connectivity index (χ4n) is 5.47. The van der Waals surface area contributed by atoms with Crippen LogP contribution in [0.25, 0.3) is 21.9 Å². The van der Waals surface area contributed by atoms with Crippen molar-refractivity contribution in [1.82, 2.24) is 23.7 Å². The Bertz CT molecular complexity index is 1700. The van der Waals surface area contributed by atoms with Crippen molar-refractivity contribution in [2.45, 2.75) is 64.7 Å². The lowest BCUT2D eigenvalue weighted by Gasteiger charge is -2.31. The Labute approximate surface area is 214 Å². The van der Waals surface area contributed by atoms with Crippen LogP contribution in [-0.2, 0) is 13.1 Å². The number of benzene rings is 1. The summed E-state index contributed by atoms with van der Waals surface area (Å²) in [6, 6.07) is 10.0. The first-order valence-corrected chi connectivity index (χ1v) is 13.0. The summed E-state index contributed by atoms with van der Waals surface area (Å²) in [4.78, 5) is 39.7. The number of imidazole rings is 1. The monoisotopic (exact) mass is 497 g/mol. The Morgan fingerprint density at radius 1 is 1.11 bits per heavy atom. The first-order chi connectivity index (χ1) is 18.0. The predicted octanol–water partition coefficient (Wildman–Crippen LogP) is 2.55. The predicted molar refractivity (Wildman–Crippen MR) is 145 cm³/mol. The van der Waals surface area contributed by atoms with Gasteiger partial charge in [0.2, 0.25) is 5.95 Å². The molecular weight excluding hydrogens is 466 g/mol. The molecule has 0 radical (unpaired) electrons. The van der Waals surface area contributed by atoms with Crippen molar-refractivity contribution >= 4 is 27.9 Å². The molecule has 0 spiro atoms. The number of anilines is 1. The van der Waals surface area contributed by atoms with E-state index < -0.39 is 0 Å². The van der Waals surface area contributed by atoms with Gasteiger partial charge in [-0.1, -0.05) is 30.2 Å². The molecule has 2 fully saturated rings. The topological polar surface area (TPSA) is 104 Å². The highest BCUT2D eigenvalue weighted by atomic mass is 16.2. The van der Waals surface area contributed by atoms with Crippen LogP contribution in [0.2, 0.25) is 0 Å². The molecule has 1 saturated carbocycles. The van der Waals surface area contributed by atoms with Crippen LogP contribution >= 0.6 is 0 Å². The van der Waals surface area contributed by atoms with Crippen LogP contribution in [0.3, 0.4) is 0 Å². The van der Waals surface area contributed by atoms with Crippen LogP contribution in [0.4, 0.5) is 5.95 Å². The van der Waals surface area contributed by atoms with Gasteiger partial charge in [-0.3, -0.25) is 23.5 Å². The van der Waals surface area contributed by atoms with Crippen molar-refractivity contribution in [2.75, 3.05) is 18.0 Å². The molecule has 9 nitrogen and oxygen atoms in total. The van der Waals surface area contributed by atoms with E-state index in [-0.39, 0.29) is 29.9 Å². The zero-order valence-electron chi connectivity index (χ0n) is 21.3. The lowest BCUT2D eigenvalue weighted by molar-refractivity contribution is 0.496. The van der Waals surface area contributed by atoms with Gasteiger partial charge in [-0.15, -0.1) is 5.92 Å². The fraction of sp³-hybridized carbons (Fsp3) is 0.429. The quantitative estimate of drug-likeness (QED) is 0.425. The third-order valence-corrected chi connectivity index (χ3v) is 7.36. The van der Waals surface area contributed by atoms with E-state index in [1.54, 1.807) is 11.5 Å². The maximum Gasteiger partial charge on any atom is 0.333 e. The van der Waals surface area contributed by atoms with E-state index in [2.05, 4.69) is 16.7 Å². The molecule has 37 heavy (non-hydrogen) atoms. The summed E-state index contributed by atoms with van der Waals surface area (Å²) >= 11 is 0. The second kappa shape index (κ2) is 9.20. The number of hydrogen-bond acceptors (Lipinski definition) is 6. The van der Waals surface area contributed by atoms with E-state index in [0.717, 1.165) is 48.7 Å². The average molecular weight is 498 g/mol. The summed E-state index contributed by atoms with van der Waals surface area (Å²) in [5.41, 5.74) is 8.01. The van der Waals surface area contributed by atoms with Crippen molar-refractivity contribution in [2.24, 2.45) is 5.73 Å². The number of nitrogens with zero attached hydrogens (tertiary/aromatic N) is 6. The highest BCUT2D eigenvalue weighted by Gasteiger charge is 2.33. The zero-order chi connectivity index (χ0) is 25.7.